The average Bonchev–Trinajstić information content (AvgIpc) is 3.00. The molecule has 0 radical (unpaired) electrons. The molecule has 1 aliphatic rings. The Morgan fingerprint density at radius 1 is 1.42 bits per heavy atom. The number of rotatable bonds is 6. The molecule has 104 valence electrons. The first-order valence-electron chi connectivity index (χ1n) is 6.83. The fraction of sp³-hybridized carbons (Fsp3) is 0.533. The number of nitrogens with one attached hydrogen (secondary N) is 1. The Balaban J connectivity index is 1.87. The highest BCUT2D eigenvalue weighted by Gasteiger charge is 2.55. The molecule has 1 fully saturated rings. The molecular formula is C15H21NO3. The van der Waals surface area contributed by atoms with Gasteiger partial charge in [-0.05, 0) is 18.9 Å². The Morgan fingerprint density at radius 3 is 2.68 bits per heavy atom. The van der Waals surface area contributed by atoms with Crippen molar-refractivity contribution in [1.82, 2.24) is 5.32 Å². The van der Waals surface area contributed by atoms with Gasteiger partial charge in [0.1, 0.15) is 6.10 Å². The van der Waals surface area contributed by atoms with Gasteiger partial charge < -0.3 is 9.47 Å². The first-order chi connectivity index (χ1) is 9.16. The highest BCUT2D eigenvalue weighted by Crippen LogP contribution is 2.36. The van der Waals surface area contributed by atoms with Gasteiger partial charge in [0.2, 0.25) is 0 Å². The largest absolute Gasteiger partial charge is 0.450 e. The fourth-order valence-corrected chi connectivity index (χ4v) is 2.06. The van der Waals surface area contributed by atoms with Crippen molar-refractivity contribution in [2.45, 2.75) is 44.9 Å². The van der Waals surface area contributed by atoms with Crippen LogP contribution in [0.1, 0.15) is 32.3 Å². The van der Waals surface area contributed by atoms with E-state index in [0.717, 1.165) is 18.4 Å². The van der Waals surface area contributed by atoms with Crippen molar-refractivity contribution < 1.29 is 14.3 Å². The Bertz CT molecular complexity index is 421. The second-order valence-electron chi connectivity index (χ2n) is 4.93. The summed E-state index contributed by atoms with van der Waals surface area (Å²) in [6, 6.07) is 9.99. The lowest BCUT2D eigenvalue weighted by Gasteiger charge is -2.15. The summed E-state index contributed by atoms with van der Waals surface area (Å²) in [6.07, 6.45) is 2.18. The minimum Gasteiger partial charge on any atom is -0.450 e. The minimum atomic E-state index is -0.593. The lowest BCUT2D eigenvalue weighted by Crippen LogP contribution is -2.41. The molecule has 1 heterocycles. The number of epoxide rings is 1. The molecule has 0 spiro atoms. The van der Waals surface area contributed by atoms with Crippen LogP contribution in [0.4, 0.5) is 4.79 Å². The molecule has 1 saturated heterocycles. The van der Waals surface area contributed by atoms with Crippen LogP contribution in [0, 0.1) is 0 Å². The third-order valence-electron chi connectivity index (χ3n) is 3.34. The van der Waals surface area contributed by atoms with Crippen molar-refractivity contribution in [3.05, 3.63) is 35.9 Å². The molecule has 0 aliphatic carbocycles. The van der Waals surface area contributed by atoms with Crippen molar-refractivity contribution in [2.75, 3.05) is 6.61 Å². The molecule has 0 aromatic heterocycles. The minimum absolute atomic E-state index is 0.0198. The summed E-state index contributed by atoms with van der Waals surface area (Å²) >= 11 is 0. The van der Waals surface area contributed by atoms with Crippen molar-refractivity contribution in [3.63, 3.8) is 0 Å². The average molecular weight is 263 g/mol. The number of carbonyl (C=O) groups is 1. The summed E-state index contributed by atoms with van der Waals surface area (Å²) < 4.78 is 10.7. The molecule has 1 aromatic carbocycles. The van der Waals surface area contributed by atoms with Crippen LogP contribution >= 0.6 is 0 Å². The number of amides is 1. The molecule has 1 aliphatic heterocycles. The summed E-state index contributed by atoms with van der Waals surface area (Å²) in [5.41, 5.74) is 0.547. The Kier molecular flexibility index (Phi) is 4.43. The molecular weight excluding hydrogens is 242 g/mol. The topological polar surface area (TPSA) is 50.9 Å². The Hall–Kier alpha value is -1.55. The van der Waals surface area contributed by atoms with Gasteiger partial charge in [0.05, 0.1) is 6.61 Å². The van der Waals surface area contributed by atoms with Crippen LogP contribution in [0.15, 0.2) is 30.3 Å². The predicted octanol–water partition coefficient (Wildman–Crippen LogP) is 2.87. The fourth-order valence-electron chi connectivity index (χ4n) is 2.06. The molecule has 0 bridgehead atoms. The van der Waals surface area contributed by atoms with Crippen molar-refractivity contribution in [1.29, 1.82) is 0 Å². The predicted molar refractivity (Wildman–Crippen MR) is 72.8 cm³/mol. The van der Waals surface area contributed by atoms with Gasteiger partial charge in [-0.1, -0.05) is 43.7 Å². The van der Waals surface area contributed by atoms with E-state index in [1.54, 1.807) is 0 Å². The third-order valence-corrected chi connectivity index (χ3v) is 3.34. The molecule has 0 saturated carbocycles. The molecule has 1 aromatic rings. The van der Waals surface area contributed by atoms with E-state index < -0.39 is 11.8 Å². The second kappa shape index (κ2) is 6.06. The van der Waals surface area contributed by atoms with E-state index in [1.165, 1.54) is 0 Å². The zero-order chi connectivity index (χ0) is 13.7. The number of benzene rings is 1. The maximum atomic E-state index is 11.7. The van der Waals surface area contributed by atoms with Crippen LogP contribution < -0.4 is 5.32 Å². The Labute approximate surface area is 114 Å². The number of hydrogen-bond donors (Lipinski definition) is 1. The lowest BCUT2D eigenvalue weighted by atomic mass is 10.0. The van der Waals surface area contributed by atoms with E-state index in [1.807, 2.05) is 37.3 Å². The molecule has 19 heavy (non-hydrogen) atoms. The van der Waals surface area contributed by atoms with Gasteiger partial charge in [-0.15, -0.1) is 0 Å². The van der Waals surface area contributed by atoms with E-state index in [2.05, 4.69) is 12.2 Å². The first-order valence-corrected chi connectivity index (χ1v) is 6.83. The van der Waals surface area contributed by atoms with Crippen LogP contribution in [0.5, 0.6) is 0 Å². The Morgan fingerprint density at radius 2 is 2.11 bits per heavy atom. The van der Waals surface area contributed by atoms with E-state index >= 15 is 0 Å². The molecule has 2 atom stereocenters. The molecule has 2 rings (SSSR count). The summed E-state index contributed by atoms with van der Waals surface area (Å²) in [4.78, 5) is 11.7. The summed E-state index contributed by atoms with van der Waals surface area (Å²) in [7, 11) is 0. The SMILES string of the molecule is CCCCOC(=O)NC1(Cc2ccccc2)OC1C. The van der Waals surface area contributed by atoms with Gasteiger partial charge in [0, 0.05) is 6.42 Å². The van der Waals surface area contributed by atoms with Gasteiger partial charge in [0.25, 0.3) is 0 Å². The summed E-state index contributed by atoms with van der Waals surface area (Å²) in [6.45, 7) is 4.47. The maximum absolute atomic E-state index is 11.7. The number of carbonyl (C=O) groups excluding carboxylic acids is 1. The molecule has 4 heteroatoms. The maximum Gasteiger partial charge on any atom is 0.409 e. The monoisotopic (exact) mass is 263 g/mol. The zero-order valence-electron chi connectivity index (χ0n) is 11.5. The van der Waals surface area contributed by atoms with Gasteiger partial charge in [-0.3, -0.25) is 5.32 Å². The highest BCUT2D eigenvalue weighted by atomic mass is 16.6. The van der Waals surface area contributed by atoms with E-state index in [-0.39, 0.29) is 6.10 Å². The molecule has 2 unspecified atom stereocenters. The van der Waals surface area contributed by atoms with Crippen LogP contribution in [-0.4, -0.2) is 24.5 Å². The van der Waals surface area contributed by atoms with Gasteiger partial charge in [-0.2, -0.15) is 0 Å². The van der Waals surface area contributed by atoms with Crippen LogP contribution in [-0.2, 0) is 15.9 Å². The van der Waals surface area contributed by atoms with Crippen LogP contribution in [0.2, 0.25) is 0 Å². The van der Waals surface area contributed by atoms with Crippen LogP contribution in [0.25, 0.3) is 0 Å². The zero-order valence-corrected chi connectivity index (χ0v) is 11.5. The first kappa shape index (κ1) is 13.9. The summed E-state index contributed by atoms with van der Waals surface area (Å²) in [5.74, 6) is 0. The van der Waals surface area contributed by atoms with Crippen molar-refractivity contribution in [3.8, 4) is 0 Å². The highest BCUT2D eigenvalue weighted by molar-refractivity contribution is 5.68. The smallest absolute Gasteiger partial charge is 0.409 e. The normalized spacial score (nSPS) is 24.8. The number of unbranched alkanes of at least 4 members (excludes halogenated alkanes) is 1. The summed E-state index contributed by atoms with van der Waals surface area (Å²) in [5, 5.41) is 2.84. The van der Waals surface area contributed by atoms with Crippen molar-refractivity contribution >= 4 is 6.09 Å². The standard InChI is InChI=1S/C15H21NO3/c1-3-4-10-18-14(17)16-15(12(2)19-15)11-13-8-6-5-7-9-13/h5-9,12H,3-4,10-11H2,1-2H3,(H,16,17). The van der Waals surface area contributed by atoms with Crippen molar-refractivity contribution in [2.24, 2.45) is 0 Å². The second-order valence-corrected chi connectivity index (χ2v) is 4.93. The quantitative estimate of drug-likeness (QED) is 0.634. The van der Waals surface area contributed by atoms with Gasteiger partial charge in [0.15, 0.2) is 5.72 Å². The van der Waals surface area contributed by atoms with E-state index in [4.69, 9.17) is 9.47 Å². The third kappa shape index (κ3) is 3.70. The van der Waals surface area contributed by atoms with Crippen LogP contribution in [0.3, 0.4) is 0 Å². The molecule has 4 nitrogen and oxygen atoms in total. The number of hydrogen-bond acceptors (Lipinski definition) is 3. The number of alkyl carbamates (subject to hydrolysis) is 1. The van der Waals surface area contributed by atoms with Gasteiger partial charge >= 0.3 is 6.09 Å². The lowest BCUT2D eigenvalue weighted by molar-refractivity contribution is 0.127. The molecule has 1 N–H and O–H groups in total. The number of ether oxygens (including phenoxy) is 2. The van der Waals surface area contributed by atoms with Gasteiger partial charge in [-0.25, -0.2) is 4.79 Å². The van der Waals surface area contributed by atoms with E-state index in [0.29, 0.717) is 13.0 Å². The van der Waals surface area contributed by atoms with E-state index in [9.17, 15) is 4.79 Å². The molecule has 1 amide bonds.